The average Bonchev–Trinajstić information content (AvgIpc) is 2.57. The van der Waals surface area contributed by atoms with Crippen LogP contribution in [-0.2, 0) is 19.1 Å². The number of carbonyl (C=O) groups excluding carboxylic acids is 2. The molecule has 0 aromatic heterocycles. The minimum absolute atomic E-state index is 0.00490. The highest BCUT2D eigenvalue weighted by atomic mass is 35.5. The number of amides is 2. The first-order chi connectivity index (χ1) is 11.9. The summed E-state index contributed by atoms with van der Waals surface area (Å²) in [6.45, 7) is 2.81. The van der Waals surface area contributed by atoms with Gasteiger partial charge in [-0.1, -0.05) is 6.07 Å². The van der Waals surface area contributed by atoms with Crippen LogP contribution in [0.2, 0.25) is 0 Å². The van der Waals surface area contributed by atoms with Gasteiger partial charge in [0.15, 0.2) is 0 Å². The maximum absolute atomic E-state index is 12.4. The molecule has 1 unspecified atom stereocenters. The van der Waals surface area contributed by atoms with Crippen LogP contribution < -0.4 is 10.2 Å². The quantitative estimate of drug-likeness (QED) is 0.622. The zero-order valence-corrected chi connectivity index (χ0v) is 16.1. The fourth-order valence-electron chi connectivity index (χ4n) is 2.08. The van der Waals surface area contributed by atoms with E-state index in [0.29, 0.717) is 24.6 Å². The first-order valence-electron chi connectivity index (χ1n) is 7.92. The number of rotatable bonds is 10. The molecule has 1 aromatic rings. The molecule has 0 saturated carbocycles. The summed E-state index contributed by atoms with van der Waals surface area (Å²) < 4.78 is 10.6. The summed E-state index contributed by atoms with van der Waals surface area (Å²) in [7, 11) is 3.22. The molecule has 1 rings (SSSR count). The van der Waals surface area contributed by atoms with E-state index in [4.69, 9.17) is 32.7 Å². The standard InChI is InChI=1S/C17H24Cl2N2O4/c1-4-25-11-14(24-3)9-17(23)21(2)13-7-5-6-12(8-13)20-16(22)10-15(18)19/h5-8,14-15H,4,9-11H2,1-3H3,(H,20,22). The smallest absolute Gasteiger partial charge is 0.229 e. The molecule has 8 heteroatoms. The SMILES string of the molecule is CCOCC(CC(=O)N(C)c1cccc(NC(=O)CC(Cl)Cl)c1)OC. The lowest BCUT2D eigenvalue weighted by atomic mass is 10.2. The van der Waals surface area contributed by atoms with Gasteiger partial charge in [-0.3, -0.25) is 9.59 Å². The molecule has 0 spiro atoms. The minimum Gasteiger partial charge on any atom is -0.379 e. The van der Waals surface area contributed by atoms with E-state index in [9.17, 15) is 9.59 Å². The summed E-state index contributed by atoms with van der Waals surface area (Å²) in [5, 5.41) is 2.70. The zero-order chi connectivity index (χ0) is 18.8. The van der Waals surface area contributed by atoms with Gasteiger partial charge in [-0.15, -0.1) is 23.2 Å². The average molecular weight is 391 g/mol. The fourth-order valence-corrected chi connectivity index (χ4v) is 2.36. The molecule has 1 N–H and O–H groups in total. The van der Waals surface area contributed by atoms with Crippen molar-refractivity contribution >= 4 is 46.4 Å². The van der Waals surface area contributed by atoms with Crippen LogP contribution in [-0.4, -0.2) is 50.1 Å². The molecule has 0 aliphatic rings. The van der Waals surface area contributed by atoms with E-state index >= 15 is 0 Å². The lowest BCUT2D eigenvalue weighted by molar-refractivity contribution is -0.121. The largest absolute Gasteiger partial charge is 0.379 e. The van der Waals surface area contributed by atoms with Gasteiger partial charge in [-0.2, -0.15) is 0 Å². The molecular formula is C17H24Cl2N2O4. The highest BCUT2D eigenvalue weighted by molar-refractivity contribution is 6.45. The zero-order valence-electron chi connectivity index (χ0n) is 14.6. The summed E-state index contributed by atoms with van der Waals surface area (Å²) in [5.41, 5.74) is 1.22. The number of nitrogens with zero attached hydrogens (tertiary/aromatic N) is 1. The number of methoxy groups -OCH3 is 1. The van der Waals surface area contributed by atoms with Crippen molar-refractivity contribution < 1.29 is 19.1 Å². The Hall–Kier alpha value is -1.34. The topological polar surface area (TPSA) is 67.9 Å². The molecule has 25 heavy (non-hydrogen) atoms. The predicted octanol–water partition coefficient (Wildman–Crippen LogP) is 3.22. The predicted molar refractivity (Wildman–Crippen MR) is 100 cm³/mol. The lowest BCUT2D eigenvalue weighted by Gasteiger charge is -2.21. The van der Waals surface area contributed by atoms with Crippen LogP contribution in [0.15, 0.2) is 24.3 Å². The molecule has 2 amide bonds. The van der Waals surface area contributed by atoms with Crippen molar-refractivity contribution in [3.63, 3.8) is 0 Å². The number of ether oxygens (including phenoxy) is 2. The van der Waals surface area contributed by atoms with Crippen molar-refractivity contribution in [1.29, 1.82) is 0 Å². The van der Waals surface area contributed by atoms with E-state index in [1.165, 1.54) is 4.90 Å². The van der Waals surface area contributed by atoms with Gasteiger partial charge in [0.25, 0.3) is 0 Å². The van der Waals surface area contributed by atoms with Crippen LogP contribution in [0.1, 0.15) is 19.8 Å². The van der Waals surface area contributed by atoms with Crippen molar-refractivity contribution in [2.45, 2.75) is 30.7 Å². The molecule has 0 radical (unpaired) electrons. The second-order valence-corrected chi connectivity index (χ2v) is 6.64. The molecule has 140 valence electrons. The van der Waals surface area contributed by atoms with Gasteiger partial charge in [-0.25, -0.2) is 0 Å². The molecule has 0 saturated heterocycles. The van der Waals surface area contributed by atoms with E-state index < -0.39 is 4.84 Å². The first-order valence-corrected chi connectivity index (χ1v) is 8.79. The van der Waals surface area contributed by atoms with Gasteiger partial charge in [0, 0.05) is 32.1 Å². The number of halogens is 2. The summed E-state index contributed by atoms with van der Waals surface area (Å²) in [4.78, 5) is 24.9. The number of alkyl halides is 2. The first kappa shape index (κ1) is 21.7. The Morgan fingerprint density at radius 1 is 1.28 bits per heavy atom. The van der Waals surface area contributed by atoms with Crippen molar-refractivity contribution in [2.24, 2.45) is 0 Å². The normalized spacial score (nSPS) is 12.1. The number of hydrogen-bond acceptors (Lipinski definition) is 4. The van der Waals surface area contributed by atoms with Gasteiger partial charge in [0.1, 0.15) is 4.84 Å². The number of carbonyl (C=O) groups is 2. The number of benzene rings is 1. The molecular weight excluding hydrogens is 367 g/mol. The van der Waals surface area contributed by atoms with Crippen LogP contribution in [0.5, 0.6) is 0 Å². The van der Waals surface area contributed by atoms with E-state index in [-0.39, 0.29) is 30.8 Å². The minimum atomic E-state index is -0.760. The monoisotopic (exact) mass is 390 g/mol. The Bertz CT molecular complexity index is 569. The Morgan fingerprint density at radius 2 is 2.00 bits per heavy atom. The molecule has 0 aliphatic carbocycles. The van der Waals surface area contributed by atoms with Gasteiger partial charge in [0.05, 0.1) is 25.6 Å². The van der Waals surface area contributed by atoms with E-state index in [0.717, 1.165) is 0 Å². The van der Waals surface area contributed by atoms with Crippen LogP contribution in [0, 0.1) is 0 Å². The maximum atomic E-state index is 12.4. The third-order valence-corrected chi connectivity index (χ3v) is 3.78. The summed E-state index contributed by atoms with van der Waals surface area (Å²) >= 11 is 11.2. The van der Waals surface area contributed by atoms with Gasteiger partial charge in [0.2, 0.25) is 11.8 Å². The van der Waals surface area contributed by atoms with Crippen LogP contribution >= 0.6 is 23.2 Å². The molecule has 0 fully saturated rings. The summed E-state index contributed by atoms with van der Waals surface area (Å²) in [6.07, 6.45) is -0.110. The molecule has 0 aliphatic heterocycles. The second kappa shape index (κ2) is 11.3. The second-order valence-electron chi connectivity index (χ2n) is 5.37. The van der Waals surface area contributed by atoms with Crippen molar-refractivity contribution in [3.8, 4) is 0 Å². The van der Waals surface area contributed by atoms with Crippen molar-refractivity contribution in [2.75, 3.05) is 37.6 Å². The highest BCUT2D eigenvalue weighted by Gasteiger charge is 2.18. The third kappa shape index (κ3) is 8.05. The van der Waals surface area contributed by atoms with Crippen LogP contribution in [0.3, 0.4) is 0 Å². The Kier molecular flexibility index (Phi) is 9.82. The Morgan fingerprint density at radius 3 is 2.60 bits per heavy atom. The lowest BCUT2D eigenvalue weighted by Crippen LogP contribution is -2.32. The molecule has 1 aromatic carbocycles. The highest BCUT2D eigenvalue weighted by Crippen LogP contribution is 2.20. The third-order valence-electron chi connectivity index (χ3n) is 3.47. The molecule has 1 atom stereocenters. The van der Waals surface area contributed by atoms with E-state index in [1.54, 1.807) is 38.4 Å². The molecule has 6 nitrogen and oxygen atoms in total. The number of hydrogen-bond donors (Lipinski definition) is 1. The Labute approximate surface area is 158 Å². The van der Waals surface area contributed by atoms with Gasteiger partial charge < -0.3 is 19.7 Å². The van der Waals surface area contributed by atoms with E-state index in [2.05, 4.69) is 5.32 Å². The molecule has 0 heterocycles. The van der Waals surface area contributed by atoms with E-state index in [1.807, 2.05) is 6.92 Å². The summed E-state index contributed by atoms with van der Waals surface area (Å²) in [5.74, 6) is -0.408. The number of anilines is 2. The summed E-state index contributed by atoms with van der Waals surface area (Å²) in [6, 6.07) is 6.97. The van der Waals surface area contributed by atoms with Crippen LogP contribution in [0.25, 0.3) is 0 Å². The van der Waals surface area contributed by atoms with Crippen molar-refractivity contribution in [1.82, 2.24) is 0 Å². The van der Waals surface area contributed by atoms with Gasteiger partial charge >= 0.3 is 0 Å². The number of nitrogens with one attached hydrogen (secondary N) is 1. The fraction of sp³-hybridized carbons (Fsp3) is 0.529. The van der Waals surface area contributed by atoms with Crippen molar-refractivity contribution in [3.05, 3.63) is 24.3 Å². The van der Waals surface area contributed by atoms with Crippen LogP contribution in [0.4, 0.5) is 11.4 Å². The molecule has 0 bridgehead atoms. The van der Waals surface area contributed by atoms with Gasteiger partial charge in [-0.05, 0) is 25.1 Å². The maximum Gasteiger partial charge on any atom is 0.229 e. The Balaban J connectivity index is 2.71.